The number of anilines is 1. The van der Waals surface area contributed by atoms with Gasteiger partial charge in [-0.05, 0) is 79.7 Å². The van der Waals surface area contributed by atoms with Gasteiger partial charge in [0.15, 0.2) is 16.7 Å². The third-order valence-electron chi connectivity index (χ3n) is 6.18. The lowest BCUT2D eigenvalue weighted by molar-refractivity contribution is -0.113. The van der Waals surface area contributed by atoms with E-state index in [2.05, 4.69) is 0 Å². The van der Waals surface area contributed by atoms with Crippen LogP contribution < -0.4 is 14.4 Å². The van der Waals surface area contributed by atoms with E-state index in [0.29, 0.717) is 33.2 Å². The molecule has 5 nitrogen and oxygen atoms in total. The van der Waals surface area contributed by atoms with Crippen molar-refractivity contribution in [1.82, 2.24) is 0 Å². The van der Waals surface area contributed by atoms with E-state index in [1.807, 2.05) is 111 Å². The molecule has 1 amide bonds. The number of aryl methyl sites for hydroxylation is 2. The Labute approximate surface area is 237 Å². The fourth-order valence-corrected chi connectivity index (χ4v) is 5.21. The summed E-state index contributed by atoms with van der Waals surface area (Å²) in [4.78, 5) is 20.7. The Hall–Kier alpha value is -4.00. The number of carbonyl (C=O) groups is 1. The highest BCUT2D eigenvalue weighted by atomic mass is 35.5. The maximum absolute atomic E-state index is 13.7. The minimum Gasteiger partial charge on any atom is -0.493 e. The smallest absolute Gasteiger partial charge is 0.271 e. The van der Waals surface area contributed by atoms with Gasteiger partial charge < -0.3 is 9.47 Å². The van der Waals surface area contributed by atoms with Gasteiger partial charge in [0.25, 0.3) is 5.91 Å². The van der Waals surface area contributed by atoms with E-state index < -0.39 is 0 Å². The number of carbonyl (C=O) groups excluding carboxylic acids is 1. The van der Waals surface area contributed by atoms with Crippen molar-refractivity contribution in [3.63, 3.8) is 0 Å². The molecule has 4 aromatic carbocycles. The van der Waals surface area contributed by atoms with Gasteiger partial charge in [-0.3, -0.25) is 9.69 Å². The Morgan fingerprint density at radius 3 is 2.28 bits per heavy atom. The first-order valence-corrected chi connectivity index (χ1v) is 13.6. The highest BCUT2D eigenvalue weighted by Gasteiger charge is 2.34. The number of hydrogen-bond acceptors (Lipinski definition) is 5. The second kappa shape index (κ2) is 11.8. The van der Waals surface area contributed by atoms with Crippen LogP contribution in [0.3, 0.4) is 0 Å². The number of methoxy groups -OCH3 is 1. The van der Waals surface area contributed by atoms with Crippen LogP contribution in [0.25, 0.3) is 6.08 Å². The average molecular weight is 555 g/mol. The first-order valence-electron chi connectivity index (χ1n) is 12.4. The maximum Gasteiger partial charge on any atom is 0.271 e. The maximum atomic E-state index is 13.7. The van der Waals surface area contributed by atoms with Crippen molar-refractivity contribution in [3.05, 3.63) is 123 Å². The fourth-order valence-electron chi connectivity index (χ4n) is 4.02. The highest BCUT2D eigenvalue weighted by Crippen LogP contribution is 2.38. The van der Waals surface area contributed by atoms with E-state index in [9.17, 15) is 4.79 Å². The first kappa shape index (κ1) is 26.6. The van der Waals surface area contributed by atoms with Gasteiger partial charge in [0.05, 0.1) is 23.4 Å². The molecule has 1 saturated heterocycles. The van der Waals surface area contributed by atoms with Crippen LogP contribution in [0.5, 0.6) is 11.5 Å². The van der Waals surface area contributed by atoms with Crippen LogP contribution in [0.4, 0.5) is 11.4 Å². The lowest BCUT2D eigenvalue weighted by atomic mass is 10.1. The summed E-state index contributed by atoms with van der Waals surface area (Å²) in [6.45, 7) is 4.37. The summed E-state index contributed by atoms with van der Waals surface area (Å²) in [5.41, 5.74) is 5.53. The molecular formula is C32H27ClN2O3S. The molecule has 196 valence electrons. The third kappa shape index (κ3) is 6.19. The highest BCUT2D eigenvalue weighted by molar-refractivity contribution is 8.19. The zero-order valence-electron chi connectivity index (χ0n) is 21.9. The van der Waals surface area contributed by atoms with Gasteiger partial charge in [-0.1, -0.05) is 71.3 Å². The number of nitrogens with zero attached hydrogens (tertiary/aromatic N) is 2. The minimum atomic E-state index is -0.132. The molecule has 0 radical (unpaired) electrons. The zero-order chi connectivity index (χ0) is 27.4. The summed E-state index contributed by atoms with van der Waals surface area (Å²) in [5.74, 6) is 1.02. The Bertz CT molecular complexity index is 1560. The van der Waals surface area contributed by atoms with Gasteiger partial charge in [-0.25, -0.2) is 4.99 Å². The molecule has 5 rings (SSSR count). The van der Waals surface area contributed by atoms with Gasteiger partial charge in [0.2, 0.25) is 0 Å². The number of amidine groups is 1. The summed E-state index contributed by atoms with van der Waals surface area (Å²) in [6, 6.07) is 28.9. The molecule has 0 aliphatic carbocycles. The van der Waals surface area contributed by atoms with Crippen LogP contribution >= 0.6 is 23.4 Å². The standard InChI is InChI=1S/C32H27ClN2O3S/c1-21-8-13-25(14-9-21)34-32-35(26-15-10-22(2)11-16-26)31(36)30(39-32)19-23-12-17-28(29(18-23)37-3)38-20-24-6-4-5-7-27(24)33/h4-19H,20H2,1-3H3/b30-19-,34-32?. The topological polar surface area (TPSA) is 51.1 Å². The summed E-state index contributed by atoms with van der Waals surface area (Å²) in [6.07, 6.45) is 1.85. The van der Waals surface area contributed by atoms with Gasteiger partial charge in [0, 0.05) is 10.6 Å². The number of ether oxygens (including phenoxy) is 2. The van der Waals surface area contributed by atoms with Gasteiger partial charge in [0.1, 0.15) is 6.61 Å². The summed E-state index contributed by atoms with van der Waals surface area (Å²) < 4.78 is 11.6. The first-order chi connectivity index (χ1) is 18.9. The molecule has 0 unspecified atom stereocenters. The molecule has 4 aromatic rings. The quantitative estimate of drug-likeness (QED) is 0.215. The van der Waals surface area contributed by atoms with E-state index in [0.717, 1.165) is 33.6 Å². The Morgan fingerprint density at radius 2 is 1.59 bits per heavy atom. The average Bonchev–Trinajstić information content (AvgIpc) is 3.24. The summed E-state index contributed by atoms with van der Waals surface area (Å²) in [7, 11) is 1.59. The third-order valence-corrected chi connectivity index (χ3v) is 7.52. The van der Waals surface area contributed by atoms with Crippen molar-refractivity contribution < 1.29 is 14.3 Å². The van der Waals surface area contributed by atoms with Crippen LogP contribution in [0.15, 0.2) is 101 Å². The van der Waals surface area contributed by atoms with E-state index in [1.165, 1.54) is 11.8 Å². The fraction of sp³-hybridized carbons (Fsp3) is 0.125. The monoisotopic (exact) mass is 554 g/mol. The van der Waals surface area contributed by atoms with E-state index in [4.69, 9.17) is 26.1 Å². The molecule has 7 heteroatoms. The molecule has 0 spiro atoms. The Morgan fingerprint density at radius 1 is 0.897 bits per heavy atom. The van der Waals surface area contributed by atoms with Crippen molar-refractivity contribution in [1.29, 1.82) is 0 Å². The van der Waals surface area contributed by atoms with Crippen LogP contribution in [0, 0.1) is 13.8 Å². The van der Waals surface area contributed by atoms with Crippen molar-refractivity contribution in [2.45, 2.75) is 20.5 Å². The minimum absolute atomic E-state index is 0.132. The van der Waals surface area contributed by atoms with Crippen molar-refractivity contribution in [2.24, 2.45) is 4.99 Å². The molecule has 0 bridgehead atoms. The van der Waals surface area contributed by atoms with Gasteiger partial charge in [-0.2, -0.15) is 0 Å². The second-order valence-electron chi connectivity index (χ2n) is 9.11. The summed E-state index contributed by atoms with van der Waals surface area (Å²) >= 11 is 7.61. The van der Waals surface area contributed by atoms with Crippen LogP contribution in [0.1, 0.15) is 22.3 Å². The largest absolute Gasteiger partial charge is 0.493 e. The van der Waals surface area contributed by atoms with Gasteiger partial charge in [-0.15, -0.1) is 0 Å². The van der Waals surface area contributed by atoms with Crippen LogP contribution in [0.2, 0.25) is 5.02 Å². The number of aliphatic imine (C=N–C) groups is 1. The number of thioether (sulfide) groups is 1. The molecular weight excluding hydrogens is 528 g/mol. The normalized spacial score (nSPS) is 15.3. The molecule has 39 heavy (non-hydrogen) atoms. The lowest BCUT2D eigenvalue weighted by Crippen LogP contribution is -2.28. The predicted molar refractivity (Wildman–Crippen MR) is 161 cm³/mol. The predicted octanol–water partition coefficient (Wildman–Crippen LogP) is 8.35. The van der Waals surface area contributed by atoms with Crippen molar-refractivity contribution >= 4 is 51.9 Å². The molecule has 1 fully saturated rings. The number of hydrogen-bond donors (Lipinski definition) is 0. The Kier molecular flexibility index (Phi) is 8.05. The van der Waals surface area contributed by atoms with E-state index in [1.54, 1.807) is 12.0 Å². The molecule has 1 aliphatic rings. The number of amides is 1. The van der Waals surface area contributed by atoms with Crippen molar-refractivity contribution in [2.75, 3.05) is 12.0 Å². The molecule has 0 aromatic heterocycles. The molecule has 0 saturated carbocycles. The molecule has 0 atom stereocenters. The Balaban J connectivity index is 1.44. The lowest BCUT2D eigenvalue weighted by Gasteiger charge is -2.16. The van der Waals surface area contributed by atoms with Gasteiger partial charge >= 0.3 is 0 Å². The van der Waals surface area contributed by atoms with E-state index >= 15 is 0 Å². The van der Waals surface area contributed by atoms with E-state index in [-0.39, 0.29) is 5.91 Å². The number of rotatable bonds is 7. The second-order valence-corrected chi connectivity index (χ2v) is 10.5. The molecule has 1 heterocycles. The summed E-state index contributed by atoms with van der Waals surface area (Å²) in [5, 5.41) is 1.25. The van der Waals surface area contributed by atoms with Crippen molar-refractivity contribution in [3.8, 4) is 11.5 Å². The van der Waals surface area contributed by atoms with Crippen LogP contribution in [-0.4, -0.2) is 18.2 Å². The molecule has 0 N–H and O–H groups in total. The zero-order valence-corrected chi connectivity index (χ0v) is 23.4. The van der Waals surface area contributed by atoms with Crippen LogP contribution in [-0.2, 0) is 11.4 Å². The SMILES string of the molecule is COc1cc(/C=C2\SC(=Nc3ccc(C)cc3)N(c3ccc(C)cc3)C2=O)ccc1OCc1ccccc1Cl. The number of halogens is 1. The number of benzene rings is 4. The molecule has 1 aliphatic heterocycles.